The molecule has 3 aromatic carbocycles. The number of fused-ring (bicyclic) bond motifs is 1. The molecule has 4 aromatic rings. The third-order valence-electron chi connectivity index (χ3n) is 4.84. The van der Waals surface area contributed by atoms with Crippen LogP contribution in [-0.2, 0) is 9.53 Å². The van der Waals surface area contributed by atoms with Crippen molar-refractivity contribution < 1.29 is 14.3 Å². The van der Waals surface area contributed by atoms with Crippen molar-refractivity contribution in [3.05, 3.63) is 77.7 Å². The van der Waals surface area contributed by atoms with Crippen molar-refractivity contribution in [2.24, 2.45) is 0 Å². The number of rotatable bonds is 6. The van der Waals surface area contributed by atoms with Crippen molar-refractivity contribution in [2.45, 2.75) is 19.4 Å². The molecule has 1 aromatic heterocycles. The second-order valence-electron chi connectivity index (χ2n) is 7.01. The van der Waals surface area contributed by atoms with Crippen LogP contribution in [-0.4, -0.2) is 23.0 Å². The molecule has 0 aliphatic carbocycles. The SMILES string of the molecule is CCC(OC(=O)c1ccc(N)cc1)C(=O)Nc1nc(-c2ccc3ccccc3c2)cs1. The Kier molecular flexibility index (Phi) is 5.95. The Morgan fingerprint density at radius 3 is 2.55 bits per heavy atom. The number of carbonyl (C=O) groups is 2. The first-order valence-electron chi connectivity index (χ1n) is 9.85. The van der Waals surface area contributed by atoms with E-state index < -0.39 is 18.0 Å². The monoisotopic (exact) mass is 431 g/mol. The van der Waals surface area contributed by atoms with Crippen LogP contribution in [0.4, 0.5) is 10.8 Å². The third kappa shape index (κ3) is 4.73. The summed E-state index contributed by atoms with van der Waals surface area (Å²) in [5.74, 6) is -0.983. The maximum atomic E-state index is 12.6. The lowest BCUT2D eigenvalue weighted by Crippen LogP contribution is -2.32. The predicted molar refractivity (Wildman–Crippen MR) is 124 cm³/mol. The smallest absolute Gasteiger partial charge is 0.338 e. The van der Waals surface area contributed by atoms with Crippen molar-refractivity contribution in [3.8, 4) is 11.3 Å². The van der Waals surface area contributed by atoms with Gasteiger partial charge < -0.3 is 10.5 Å². The van der Waals surface area contributed by atoms with Crippen LogP contribution in [0.15, 0.2) is 72.1 Å². The number of hydrogen-bond acceptors (Lipinski definition) is 6. The van der Waals surface area contributed by atoms with Crippen LogP contribution in [0.25, 0.3) is 22.0 Å². The fourth-order valence-electron chi connectivity index (χ4n) is 3.14. The minimum absolute atomic E-state index is 0.341. The van der Waals surface area contributed by atoms with Crippen LogP contribution in [0.1, 0.15) is 23.7 Å². The van der Waals surface area contributed by atoms with Gasteiger partial charge >= 0.3 is 5.97 Å². The summed E-state index contributed by atoms with van der Waals surface area (Å²) in [7, 11) is 0. The van der Waals surface area contributed by atoms with E-state index >= 15 is 0 Å². The number of esters is 1. The Balaban J connectivity index is 1.44. The fourth-order valence-corrected chi connectivity index (χ4v) is 3.86. The molecule has 0 fully saturated rings. The molecule has 0 bridgehead atoms. The predicted octanol–water partition coefficient (Wildman–Crippen LogP) is 5.12. The molecular weight excluding hydrogens is 410 g/mol. The molecule has 7 heteroatoms. The minimum atomic E-state index is -0.918. The van der Waals surface area contributed by atoms with Gasteiger partial charge in [-0.1, -0.05) is 43.3 Å². The van der Waals surface area contributed by atoms with Crippen molar-refractivity contribution in [1.29, 1.82) is 0 Å². The van der Waals surface area contributed by atoms with Gasteiger partial charge in [-0.3, -0.25) is 10.1 Å². The molecular formula is C24H21N3O3S. The van der Waals surface area contributed by atoms with E-state index in [1.165, 1.54) is 11.3 Å². The normalized spacial score (nSPS) is 11.8. The maximum Gasteiger partial charge on any atom is 0.338 e. The van der Waals surface area contributed by atoms with Gasteiger partial charge in [0.05, 0.1) is 11.3 Å². The van der Waals surface area contributed by atoms with Gasteiger partial charge in [0.25, 0.3) is 5.91 Å². The van der Waals surface area contributed by atoms with Crippen LogP contribution in [0.3, 0.4) is 0 Å². The van der Waals surface area contributed by atoms with Gasteiger partial charge in [0, 0.05) is 16.6 Å². The second kappa shape index (κ2) is 8.97. The summed E-state index contributed by atoms with van der Waals surface area (Å²) in [5.41, 5.74) is 8.27. The Morgan fingerprint density at radius 2 is 1.81 bits per heavy atom. The Morgan fingerprint density at radius 1 is 1.06 bits per heavy atom. The van der Waals surface area contributed by atoms with Gasteiger partial charge in [-0.05, 0) is 47.5 Å². The maximum absolute atomic E-state index is 12.6. The topological polar surface area (TPSA) is 94.3 Å². The zero-order chi connectivity index (χ0) is 21.8. The number of carbonyl (C=O) groups excluding carboxylic acids is 2. The molecule has 6 nitrogen and oxygen atoms in total. The number of ether oxygens (including phenoxy) is 1. The van der Waals surface area contributed by atoms with Crippen molar-refractivity contribution in [3.63, 3.8) is 0 Å². The van der Waals surface area contributed by atoms with Gasteiger partial charge in [0.1, 0.15) is 0 Å². The minimum Gasteiger partial charge on any atom is -0.449 e. The summed E-state index contributed by atoms with van der Waals surface area (Å²) in [6, 6.07) is 20.6. The molecule has 156 valence electrons. The van der Waals surface area contributed by atoms with Crippen molar-refractivity contribution in [1.82, 2.24) is 4.98 Å². The highest BCUT2D eigenvalue weighted by Crippen LogP contribution is 2.28. The number of amides is 1. The van der Waals surface area contributed by atoms with E-state index in [2.05, 4.69) is 28.5 Å². The standard InChI is InChI=1S/C24H21N3O3S/c1-2-21(30-23(29)16-9-11-19(25)12-10-16)22(28)27-24-26-20(14-31-24)18-8-7-15-5-3-4-6-17(15)13-18/h3-14,21H,2,25H2,1H3,(H,26,27,28). The third-order valence-corrected chi connectivity index (χ3v) is 5.60. The zero-order valence-corrected chi connectivity index (χ0v) is 17.7. The van der Waals surface area contributed by atoms with Crippen molar-refractivity contribution >= 4 is 44.8 Å². The quantitative estimate of drug-likeness (QED) is 0.326. The summed E-state index contributed by atoms with van der Waals surface area (Å²) in [4.78, 5) is 29.5. The van der Waals surface area contributed by atoms with Gasteiger partial charge in [-0.2, -0.15) is 0 Å². The molecule has 1 amide bonds. The van der Waals surface area contributed by atoms with Crippen LogP contribution < -0.4 is 11.1 Å². The molecule has 1 unspecified atom stereocenters. The highest BCUT2D eigenvalue weighted by atomic mass is 32.1. The molecule has 1 atom stereocenters. The van der Waals surface area contributed by atoms with E-state index in [1.54, 1.807) is 31.2 Å². The van der Waals surface area contributed by atoms with Gasteiger partial charge in [0.2, 0.25) is 0 Å². The van der Waals surface area contributed by atoms with Crippen LogP contribution in [0.5, 0.6) is 0 Å². The molecule has 3 N–H and O–H groups in total. The first-order chi connectivity index (χ1) is 15.0. The average Bonchev–Trinajstić information content (AvgIpc) is 3.25. The lowest BCUT2D eigenvalue weighted by Gasteiger charge is -2.15. The number of nitrogens with one attached hydrogen (secondary N) is 1. The Hall–Kier alpha value is -3.71. The molecule has 31 heavy (non-hydrogen) atoms. The van der Waals surface area contributed by atoms with E-state index in [0.717, 1.165) is 22.0 Å². The molecule has 4 rings (SSSR count). The molecule has 0 saturated heterocycles. The molecule has 0 aliphatic rings. The summed E-state index contributed by atoms with van der Waals surface area (Å²) in [6.45, 7) is 1.78. The lowest BCUT2D eigenvalue weighted by atomic mass is 10.1. The second-order valence-corrected chi connectivity index (χ2v) is 7.87. The summed E-state index contributed by atoms with van der Waals surface area (Å²) in [5, 5.41) is 7.38. The highest BCUT2D eigenvalue weighted by molar-refractivity contribution is 7.14. The van der Waals surface area contributed by atoms with Crippen LogP contribution in [0, 0.1) is 0 Å². The summed E-state index contributed by atoms with van der Waals surface area (Å²) >= 11 is 1.33. The number of benzene rings is 3. The molecule has 0 spiro atoms. The van der Waals surface area contributed by atoms with Crippen LogP contribution >= 0.6 is 11.3 Å². The summed E-state index contributed by atoms with van der Waals surface area (Å²) < 4.78 is 5.38. The van der Waals surface area contributed by atoms with E-state index in [4.69, 9.17) is 10.5 Å². The van der Waals surface area contributed by atoms with Gasteiger partial charge in [-0.15, -0.1) is 11.3 Å². The molecule has 1 heterocycles. The molecule has 0 saturated carbocycles. The lowest BCUT2D eigenvalue weighted by molar-refractivity contribution is -0.124. The number of aromatic nitrogens is 1. The highest BCUT2D eigenvalue weighted by Gasteiger charge is 2.23. The van der Waals surface area contributed by atoms with Crippen LogP contribution in [0.2, 0.25) is 0 Å². The number of thiazole rings is 1. The van der Waals surface area contributed by atoms with Gasteiger partial charge in [-0.25, -0.2) is 9.78 Å². The fraction of sp³-hybridized carbons (Fsp3) is 0.125. The number of nitrogen functional groups attached to an aromatic ring is 1. The Labute approximate surface area is 183 Å². The number of nitrogens with zero attached hydrogens (tertiary/aromatic N) is 1. The van der Waals surface area contributed by atoms with E-state index in [1.807, 2.05) is 29.6 Å². The largest absolute Gasteiger partial charge is 0.449 e. The number of hydrogen-bond donors (Lipinski definition) is 2. The van der Waals surface area contributed by atoms with E-state index in [9.17, 15) is 9.59 Å². The zero-order valence-electron chi connectivity index (χ0n) is 16.9. The Bertz CT molecular complexity index is 1230. The first kappa shape index (κ1) is 20.6. The first-order valence-corrected chi connectivity index (χ1v) is 10.7. The average molecular weight is 432 g/mol. The number of nitrogens with two attached hydrogens (primary N) is 1. The van der Waals surface area contributed by atoms with Gasteiger partial charge in [0.15, 0.2) is 11.2 Å². The van der Waals surface area contributed by atoms with Crippen molar-refractivity contribution in [2.75, 3.05) is 11.1 Å². The van der Waals surface area contributed by atoms with E-state index in [-0.39, 0.29) is 0 Å². The molecule has 0 radical (unpaired) electrons. The van der Waals surface area contributed by atoms with E-state index in [0.29, 0.717) is 22.8 Å². The number of anilines is 2. The summed E-state index contributed by atoms with van der Waals surface area (Å²) in [6.07, 6.45) is -0.576. The molecule has 0 aliphatic heterocycles.